The Labute approximate surface area is 195 Å². The monoisotopic (exact) mass is 536 g/mol. The number of ether oxygens (including phenoxy) is 3. The highest BCUT2D eigenvalue weighted by Gasteiger charge is 2.35. The molecule has 8 heteroatoms. The van der Waals surface area contributed by atoms with E-state index in [1.807, 2.05) is 50.2 Å². The molecule has 1 aliphatic heterocycles. The van der Waals surface area contributed by atoms with Gasteiger partial charge < -0.3 is 24.8 Å². The van der Waals surface area contributed by atoms with Crippen LogP contribution in [0.25, 0.3) is 5.70 Å². The van der Waals surface area contributed by atoms with E-state index in [1.54, 1.807) is 20.1 Å². The number of carbonyl (C=O) groups is 2. The summed E-state index contributed by atoms with van der Waals surface area (Å²) in [7, 11) is 1.56. The molecule has 3 rings (SSSR count). The van der Waals surface area contributed by atoms with Crippen LogP contribution in [0.3, 0.4) is 0 Å². The zero-order chi connectivity index (χ0) is 22.5. The van der Waals surface area contributed by atoms with Crippen LogP contribution in [0.1, 0.15) is 37.9 Å². The molecule has 0 saturated carbocycles. The maximum absolute atomic E-state index is 13.0. The van der Waals surface area contributed by atoms with E-state index < -0.39 is 18.0 Å². The number of benzene rings is 2. The summed E-state index contributed by atoms with van der Waals surface area (Å²) < 4.78 is 17.6. The van der Waals surface area contributed by atoms with Gasteiger partial charge >= 0.3 is 12.0 Å². The summed E-state index contributed by atoms with van der Waals surface area (Å²) in [6.45, 7) is 5.83. The van der Waals surface area contributed by atoms with Crippen molar-refractivity contribution in [3.05, 3.63) is 62.7 Å². The number of carbonyl (C=O) groups excluding carboxylic acids is 2. The zero-order valence-corrected chi connectivity index (χ0v) is 20.0. The first-order valence-corrected chi connectivity index (χ1v) is 11.0. The van der Waals surface area contributed by atoms with Crippen molar-refractivity contribution in [3.8, 4) is 11.5 Å². The van der Waals surface area contributed by atoms with E-state index in [9.17, 15) is 9.59 Å². The van der Waals surface area contributed by atoms with Crippen molar-refractivity contribution in [2.45, 2.75) is 32.9 Å². The minimum atomic E-state index is -0.724. The predicted octanol–water partition coefficient (Wildman–Crippen LogP) is 4.42. The molecule has 31 heavy (non-hydrogen) atoms. The predicted molar refractivity (Wildman–Crippen MR) is 126 cm³/mol. The molecule has 1 heterocycles. The highest BCUT2D eigenvalue weighted by molar-refractivity contribution is 14.1. The molecule has 0 radical (unpaired) electrons. The normalized spacial score (nSPS) is 15.9. The Bertz CT molecular complexity index is 1000. The molecule has 1 aliphatic rings. The summed E-state index contributed by atoms with van der Waals surface area (Å²) in [5, 5.41) is 5.63. The van der Waals surface area contributed by atoms with Gasteiger partial charge in [0.25, 0.3) is 0 Å². The van der Waals surface area contributed by atoms with Crippen LogP contribution in [0.15, 0.2) is 48.0 Å². The first kappa shape index (κ1) is 22.9. The zero-order valence-electron chi connectivity index (χ0n) is 17.8. The number of hydrogen-bond acceptors (Lipinski definition) is 5. The molecule has 2 aromatic rings. The van der Waals surface area contributed by atoms with E-state index in [1.165, 1.54) is 0 Å². The van der Waals surface area contributed by atoms with Crippen LogP contribution in [0.2, 0.25) is 0 Å². The second kappa shape index (κ2) is 10.0. The van der Waals surface area contributed by atoms with Crippen molar-refractivity contribution in [1.29, 1.82) is 0 Å². The molecule has 2 amide bonds. The lowest BCUT2D eigenvalue weighted by molar-refractivity contribution is -0.138. The molecular weight excluding hydrogens is 511 g/mol. The number of esters is 1. The van der Waals surface area contributed by atoms with E-state index in [4.69, 9.17) is 14.2 Å². The number of amides is 2. The van der Waals surface area contributed by atoms with Gasteiger partial charge in [-0.25, -0.2) is 9.59 Å². The van der Waals surface area contributed by atoms with Gasteiger partial charge in [0, 0.05) is 0 Å². The van der Waals surface area contributed by atoms with Gasteiger partial charge in [-0.2, -0.15) is 0 Å². The van der Waals surface area contributed by atoms with Crippen LogP contribution in [0.5, 0.6) is 11.5 Å². The number of rotatable bonds is 7. The average Bonchev–Trinajstić information content (AvgIpc) is 2.74. The van der Waals surface area contributed by atoms with Gasteiger partial charge in [0.15, 0.2) is 11.5 Å². The quantitative estimate of drug-likeness (QED) is 0.405. The first-order valence-electron chi connectivity index (χ1n) is 9.94. The summed E-state index contributed by atoms with van der Waals surface area (Å²) >= 11 is 2.16. The Morgan fingerprint density at radius 3 is 2.52 bits per heavy atom. The molecule has 7 nitrogen and oxygen atoms in total. The number of halogens is 1. The summed E-state index contributed by atoms with van der Waals surface area (Å²) in [6.07, 6.45) is -0.0356. The van der Waals surface area contributed by atoms with Gasteiger partial charge in [0.2, 0.25) is 0 Å². The van der Waals surface area contributed by atoms with Gasteiger partial charge in [-0.15, -0.1) is 0 Å². The molecule has 0 aromatic heterocycles. The van der Waals surface area contributed by atoms with Crippen molar-refractivity contribution in [1.82, 2.24) is 10.6 Å². The van der Waals surface area contributed by atoms with Crippen LogP contribution in [-0.4, -0.2) is 31.8 Å². The average molecular weight is 536 g/mol. The van der Waals surface area contributed by atoms with Gasteiger partial charge in [0.05, 0.1) is 40.7 Å². The minimum absolute atomic E-state index is 0.0356. The van der Waals surface area contributed by atoms with Gasteiger partial charge in [0.1, 0.15) is 0 Å². The Morgan fingerprint density at radius 1 is 1.19 bits per heavy atom. The summed E-state index contributed by atoms with van der Waals surface area (Å²) in [6, 6.07) is 11.7. The minimum Gasteiger partial charge on any atom is -0.493 e. The van der Waals surface area contributed by atoms with Crippen molar-refractivity contribution < 1.29 is 23.8 Å². The number of urea groups is 1. The van der Waals surface area contributed by atoms with Gasteiger partial charge in [-0.05, 0) is 66.6 Å². The maximum atomic E-state index is 13.0. The van der Waals surface area contributed by atoms with Crippen LogP contribution >= 0.6 is 22.6 Å². The number of hydrogen-bond donors (Lipinski definition) is 2. The number of methoxy groups -OCH3 is 1. The molecule has 0 fully saturated rings. The number of nitrogens with one attached hydrogen (secondary N) is 2. The third-order valence-corrected chi connectivity index (χ3v) is 5.37. The van der Waals surface area contributed by atoms with Crippen LogP contribution < -0.4 is 20.1 Å². The van der Waals surface area contributed by atoms with E-state index in [-0.39, 0.29) is 12.7 Å². The molecular formula is C23H25IN2O5. The van der Waals surface area contributed by atoms with Crippen LogP contribution in [0, 0.1) is 3.57 Å². The van der Waals surface area contributed by atoms with E-state index in [0.717, 1.165) is 3.57 Å². The van der Waals surface area contributed by atoms with Crippen LogP contribution in [-0.2, 0) is 9.53 Å². The van der Waals surface area contributed by atoms with Crippen molar-refractivity contribution in [2.24, 2.45) is 0 Å². The van der Waals surface area contributed by atoms with Crippen molar-refractivity contribution in [3.63, 3.8) is 0 Å². The third-order valence-electron chi connectivity index (χ3n) is 4.57. The Hall–Kier alpha value is -2.75. The Morgan fingerprint density at radius 2 is 1.90 bits per heavy atom. The fourth-order valence-electron chi connectivity index (χ4n) is 3.33. The molecule has 0 aliphatic carbocycles. The summed E-state index contributed by atoms with van der Waals surface area (Å²) in [4.78, 5) is 25.5. The summed E-state index contributed by atoms with van der Waals surface area (Å²) in [5.41, 5.74) is 2.14. The second-order valence-electron chi connectivity index (χ2n) is 7.11. The lowest BCUT2D eigenvalue weighted by Gasteiger charge is -2.30. The van der Waals surface area contributed by atoms with E-state index >= 15 is 0 Å². The molecule has 2 aromatic carbocycles. The second-order valence-corrected chi connectivity index (χ2v) is 8.27. The maximum Gasteiger partial charge on any atom is 0.338 e. The lowest BCUT2D eigenvalue weighted by Crippen LogP contribution is -2.45. The van der Waals surface area contributed by atoms with Crippen molar-refractivity contribution in [2.75, 3.05) is 13.7 Å². The van der Waals surface area contributed by atoms with Gasteiger partial charge in [-0.3, -0.25) is 0 Å². The molecule has 1 atom stereocenters. The molecule has 0 unspecified atom stereocenters. The highest BCUT2D eigenvalue weighted by Crippen LogP contribution is 2.39. The van der Waals surface area contributed by atoms with Crippen LogP contribution in [0.4, 0.5) is 4.79 Å². The highest BCUT2D eigenvalue weighted by atomic mass is 127. The SMILES string of the molecule is CCOC(=O)C1=C(c2ccccc2)NC(=O)N[C@@H]1c1cc(I)c(OC(C)C)c(OC)c1. The molecule has 0 bridgehead atoms. The summed E-state index contributed by atoms with van der Waals surface area (Å²) in [5.74, 6) is 0.634. The molecule has 2 N–H and O–H groups in total. The Balaban J connectivity index is 2.19. The van der Waals surface area contributed by atoms with E-state index in [2.05, 4.69) is 33.2 Å². The molecule has 0 spiro atoms. The standard InChI is InChI=1S/C23H25IN2O5/c1-5-30-22(27)18-19(14-9-7-6-8-10-14)25-23(28)26-20(18)15-11-16(24)21(31-13(2)3)17(12-15)29-4/h6-13,20H,5H2,1-4H3,(H2,25,26,28)/t20-/m1/s1. The topological polar surface area (TPSA) is 85.9 Å². The fourth-order valence-corrected chi connectivity index (χ4v) is 4.08. The van der Waals surface area contributed by atoms with Crippen molar-refractivity contribution >= 4 is 40.3 Å². The molecule has 0 saturated heterocycles. The largest absolute Gasteiger partial charge is 0.493 e. The first-order chi connectivity index (χ1) is 14.8. The lowest BCUT2D eigenvalue weighted by atomic mass is 9.92. The smallest absolute Gasteiger partial charge is 0.338 e. The third kappa shape index (κ3) is 5.12. The Kier molecular flexibility index (Phi) is 7.42. The van der Waals surface area contributed by atoms with Gasteiger partial charge in [-0.1, -0.05) is 30.3 Å². The van der Waals surface area contributed by atoms with E-state index in [0.29, 0.717) is 33.9 Å². The fraction of sp³-hybridized carbons (Fsp3) is 0.304. The molecule has 164 valence electrons.